The van der Waals surface area contributed by atoms with Crippen molar-refractivity contribution in [2.24, 2.45) is 11.7 Å². The van der Waals surface area contributed by atoms with Crippen LogP contribution in [-0.2, 0) is 4.79 Å². The lowest BCUT2D eigenvalue weighted by atomic mass is 9.76. The van der Waals surface area contributed by atoms with Crippen molar-refractivity contribution in [1.29, 1.82) is 5.26 Å². The molecule has 2 fully saturated rings. The third-order valence-electron chi connectivity index (χ3n) is 4.17. The van der Waals surface area contributed by atoms with Crippen molar-refractivity contribution in [3.8, 4) is 6.07 Å². The van der Waals surface area contributed by atoms with Gasteiger partial charge in [0.25, 0.3) is 0 Å². The number of carbonyl (C=O) groups is 1. The molecule has 1 amide bonds. The Labute approximate surface area is 109 Å². The fourth-order valence-electron chi connectivity index (χ4n) is 3.08. The molecule has 100 valence electrons. The molecule has 0 aliphatic heterocycles. The van der Waals surface area contributed by atoms with Crippen LogP contribution in [0.15, 0.2) is 0 Å². The Balaban J connectivity index is 2.04. The van der Waals surface area contributed by atoms with Gasteiger partial charge in [0.05, 0.1) is 18.0 Å². The lowest BCUT2D eigenvalue weighted by Gasteiger charge is -2.39. The summed E-state index contributed by atoms with van der Waals surface area (Å²) in [7, 11) is 0. The third kappa shape index (κ3) is 2.84. The molecule has 0 aromatic heterocycles. The summed E-state index contributed by atoms with van der Waals surface area (Å²) in [6.45, 7) is 2.72. The van der Waals surface area contributed by atoms with E-state index in [-0.39, 0.29) is 5.91 Å². The Kier molecular flexibility index (Phi) is 3.91. The van der Waals surface area contributed by atoms with Gasteiger partial charge in [-0.3, -0.25) is 4.79 Å². The van der Waals surface area contributed by atoms with Crippen molar-refractivity contribution >= 4 is 5.91 Å². The third-order valence-corrected chi connectivity index (χ3v) is 4.17. The predicted octanol–water partition coefficient (Wildman–Crippen LogP) is 1.80. The summed E-state index contributed by atoms with van der Waals surface area (Å²) in [5, 5.41) is 8.70. The molecule has 0 radical (unpaired) electrons. The van der Waals surface area contributed by atoms with Gasteiger partial charge in [0.1, 0.15) is 0 Å². The predicted molar refractivity (Wildman–Crippen MR) is 69.5 cm³/mol. The van der Waals surface area contributed by atoms with Crippen LogP contribution in [0, 0.1) is 17.2 Å². The van der Waals surface area contributed by atoms with Gasteiger partial charge < -0.3 is 10.6 Å². The zero-order valence-electron chi connectivity index (χ0n) is 11.2. The van der Waals surface area contributed by atoms with Crippen LogP contribution in [0.5, 0.6) is 0 Å². The van der Waals surface area contributed by atoms with Crippen LogP contribution in [0.2, 0.25) is 0 Å². The number of carbonyl (C=O) groups excluding carboxylic acids is 1. The molecule has 0 spiro atoms. The van der Waals surface area contributed by atoms with E-state index in [9.17, 15) is 4.79 Å². The molecule has 2 N–H and O–H groups in total. The van der Waals surface area contributed by atoms with Gasteiger partial charge in [-0.2, -0.15) is 5.26 Å². The van der Waals surface area contributed by atoms with Crippen LogP contribution >= 0.6 is 0 Å². The largest absolute Gasteiger partial charge is 0.337 e. The van der Waals surface area contributed by atoms with Gasteiger partial charge in [0.15, 0.2) is 0 Å². The van der Waals surface area contributed by atoms with Crippen LogP contribution in [0.3, 0.4) is 0 Å². The van der Waals surface area contributed by atoms with Crippen LogP contribution in [0.4, 0.5) is 0 Å². The van der Waals surface area contributed by atoms with Crippen molar-refractivity contribution < 1.29 is 4.79 Å². The second-order valence-corrected chi connectivity index (χ2v) is 6.00. The molecule has 2 rings (SSSR count). The molecule has 2 unspecified atom stereocenters. The van der Waals surface area contributed by atoms with Crippen LogP contribution in [0.25, 0.3) is 0 Å². The first kappa shape index (κ1) is 13.4. The number of rotatable bonds is 4. The molecule has 4 nitrogen and oxygen atoms in total. The van der Waals surface area contributed by atoms with E-state index < -0.39 is 5.54 Å². The summed E-state index contributed by atoms with van der Waals surface area (Å²) in [5.41, 5.74) is 5.69. The molecule has 4 heteroatoms. The summed E-state index contributed by atoms with van der Waals surface area (Å²) < 4.78 is 0. The summed E-state index contributed by atoms with van der Waals surface area (Å²) in [4.78, 5) is 14.5. The van der Waals surface area contributed by atoms with Crippen LogP contribution in [-0.4, -0.2) is 28.9 Å². The molecule has 2 saturated carbocycles. The molecule has 2 atom stereocenters. The van der Waals surface area contributed by atoms with Crippen molar-refractivity contribution in [2.75, 3.05) is 6.54 Å². The highest BCUT2D eigenvalue weighted by Crippen LogP contribution is 2.35. The smallest absolute Gasteiger partial charge is 0.242 e. The monoisotopic (exact) mass is 249 g/mol. The quantitative estimate of drug-likeness (QED) is 0.826. The van der Waals surface area contributed by atoms with Gasteiger partial charge in [-0.1, -0.05) is 19.8 Å². The molecular weight excluding hydrogens is 226 g/mol. The Morgan fingerprint density at radius 3 is 2.78 bits per heavy atom. The standard InChI is InChI=1S/C14H23N3O/c1-11-4-2-7-14(16,10-11)13(18)17(9-3-8-15)12-5-6-12/h11-12H,2-7,9-10,16H2,1H3. The first-order valence-corrected chi connectivity index (χ1v) is 7.04. The normalized spacial score (nSPS) is 31.7. The maximum Gasteiger partial charge on any atom is 0.242 e. The van der Waals surface area contributed by atoms with Crippen molar-refractivity contribution in [3.05, 3.63) is 0 Å². The van der Waals surface area contributed by atoms with E-state index in [1.807, 2.05) is 4.90 Å². The molecule has 0 aromatic carbocycles. The fraction of sp³-hybridized carbons (Fsp3) is 0.857. The number of nitrogens with two attached hydrogens (primary N) is 1. The summed E-state index contributed by atoms with van der Waals surface area (Å²) >= 11 is 0. The molecule has 0 heterocycles. The number of hydrogen-bond acceptors (Lipinski definition) is 3. The molecule has 0 bridgehead atoms. The first-order valence-electron chi connectivity index (χ1n) is 7.04. The zero-order valence-corrected chi connectivity index (χ0v) is 11.2. The summed E-state index contributed by atoms with van der Waals surface area (Å²) in [5.74, 6) is 0.622. The van der Waals surface area contributed by atoms with Gasteiger partial charge in [-0.25, -0.2) is 0 Å². The Morgan fingerprint density at radius 2 is 2.22 bits per heavy atom. The average Bonchev–Trinajstić information content (AvgIpc) is 3.13. The highest BCUT2D eigenvalue weighted by molar-refractivity contribution is 5.86. The Morgan fingerprint density at radius 1 is 1.50 bits per heavy atom. The van der Waals surface area contributed by atoms with Crippen molar-refractivity contribution in [2.45, 2.75) is 63.5 Å². The van der Waals surface area contributed by atoms with E-state index in [0.717, 1.165) is 32.1 Å². The lowest BCUT2D eigenvalue weighted by Crippen LogP contribution is -2.58. The molecular formula is C14H23N3O. The molecule has 2 aliphatic rings. The van der Waals surface area contributed by atoms with E-state index in [1.54, 1.807) is 0 Å². The summed E-state index contributed by atoms with van der Waals surface area (Å²) in [6, 6.07) is 2.48. The lowest BCUT2D eigenvalue weighted by molar-refractivity contribution is -0.139. The van der Waals surface area contributed by atoms with Gasteiger partial charge >= 0.3 is 0 Å². The molecule has 0 aromatic rings. The highest BCUT2D eigenvalue weighted by atomic mass is 16.2. The van der Waals surface area contributed by atoms with Crippen LogP contribution < -0.4 is 5.73 Å². The Bertz CT molecular complexity index is 359. The SMILES string of the molecule is CC1CCCC(N)(C(=O)N(CCC#N)C2CC2)C1. The first-order chi connectivity index (χ1) is 8.57. The highest BCUT2D eigenvalue weighted by Gasteiger charge is 2.44. The average molecular weight is 249 g/mol. The van der Waals surface area contributed by atoms with Crippen LogP contribution in [0.1, 0.15) is 51.9 Å². The minimum atomic E-state index is -0.671. The molecule has 2 aliphatic carbocycles. The van der Waals surface area contributed by atoms with Crippen molar-refractivity contribution in [1.82, 2.24) is 4.90 Å². The van der Waals surface area contributed by atoms with E-state index >= 15 is 0 Å². The number of hydrogen-bond donors (Lipinski definition) is 1. The topological polar surface area (TPSA) is 70.1 Å². The van der Waals surface area contributed by atoms with E-state index in [0.29, 0.717) is 24.9 Å². The number of nitriles is 1. The number of nitrogens with zero attached hydrogens (tertiary/aromatic N) is 2. The molecule has 18 heavy (non-hydrogen) atoms. The number of amides is 1. The van der Waals surface area contributed by atoms with E-state index in [1.165, 1.54) is 6.42 Å². The van der Waals surface area contributed by atoms with E-state index in [4.69, 9.17) is 11.0 Å². The second kappa shape index (κ2) is 5.27. The second-order valence-electron chi connectivity index (χ2n) is 6.00. The maximum atomic E-state index is 12.6. The Hall–Kier alpha value is -1.08. The zero-order chi connectivity index (χ0) is 13.2. The van der Waals surface area contributed by atoms with Gasteiger partial charge in [-0.05, 0) is 31.6 Å². The fourth-order valence-corrected chi connectivity index (χ4v) is 3.08. The van der Waals surface area contributed by atoms with Crippen molar-refractivity contribution in [3.63, 3.8) is 0 Å². The maximum absolute atomic E-state index is 12.6. The summed E-state index contributed by atoms with van der Waals surface area (Å²) in [6.07, 6.45) is 6.36. The van der Waals surface area contributed by atoms with Gasteiger partial charge in [0.2, 0.25) is 5.91 Å². The minimum Gasteiger partial charge on any atom is -0.337 e. The van der Waals surface area contributed by atoms with E-state index in [2.05, 4.69) is 13.0 Å². The van der Waals surface area contributed by atoms with Gasteiger partial charge in [0, 0.05) is 12.6 Å². The molecule has 0 saturated heterocycles. The minimum absolute atomic E-state index is 0.0896. The van der Waals surface area contributed by atoms with Gasteiger partial charge in [-0.15, -0.1) is 0 Å².